The minimum Gasteiger partial charge on any atom is -0.454 e. The van der Waals surface area contributed by atoms with E-state index in [1.165, 1.54) is 0 Å². The summed E-state index contributed by atoms with van der Waals surface area (Å²) in [5.74, 6) is 1.37. The van der Waals surface area contributed by atoms with Crippen molar-refractivity contribution in [3.8, 4) is 11.5 Å². The summed E-state index contributed by atoms with van der Waals surface area (Å²) < 4.78 is 5.55. The second kappa shape index (κ2) is 4.72. The Morgan fingerprint density at radius 1 is 1.19 bits per heavy atom. The van der Waals surface area contributed by atoms with Gasteiger partial charge in [0.25, 0.3) is 0 Å². The molecule has 0 amide bonds. The Hall–Kier alpha value is -1.94. The molecule has 0 spiro atoms. The molecule has 2 aromatic heterocycles. The van der Waals surface area contributed by atoms with E-state index in [2.05, 4.69) is 9.97 Å². The number of nitrogens with two attached hydrogens (primary N) is 1. The highest BCUT2D eigenvalue weighted by Gasteiger charge is 2.01. The lowest BCUT2D eigenvalue weighted by Gasteiger charge is -2.07. The third kappa shape index (κ3) is 2.55. The zero-order valence-electron chi connectivity index (χ0n) is 9.00. The van der Waals surface area contributed by atoms with Gasteiger partial charge in [0.05, 0.1) is 18.1 Å². The van der Waals surface area contributed by atoms with Gasteiger partial charge in [0.2, 0.25) is 0 Å². The van der Waals surface area contributed by atoms with Crippen LogP contribution in [0.3, 0.4) is 0 Å². The Morgan fingerprint density at radius 2 is 2.00 bits per heavy atom. The molecule has 2 aromatic rings. The molecule has 2 rings (SSSR count). The van der Waals surface area contributed by atoms with Crippen molar-refractivity contribution in [3.05, 3.63) is 48.5 Å². The molecule has 2 N–H and O–H groups in total. The summed E-state index contributed by atoms with van der Waals surface area (Å²) in [6.45, 7) is 1.89. The summed E-state index contributed by atoms with van der Waals surface area (Å²) in [6.07, 6.45) is 5.01. The van der Waals surface area contributed by atoms with Crippen molar-refractivity contribution in [2.75, 3.05) is 0 Å². The number of hydrogen-bond donors (Lipinski definition) is 1. The number of nitrogens with zero attached hydrogens (tertiary/aromatic N) is 2. The molecular formula is C12H13N3O. The number of ether oxygens (including phenoxy) is 1. The van der Waals surface area contributed by atoms with Crippen molar-refractivity contribution < 1.29 is 4.74 Å². The van der Waals surface area contributed by atoms with Crippen LogP contribution in [0.25, 0.3) is 0 Å². The second-order valence-corrected chi connectivity index (χ2v) is 3.50. The first-order chi connectivity index (χ1) is 7.75. The molecule has 0 saturated heterocycles. The Kier molecular flexibility index (Phi) is 3.12. The van der Waals surface area contributed by atoms with Gasteiger partial charge in [0, 0.05) is 12.2 Å². The zero-order chi connectivity index (χ0) is 11.4. The predicted octanol–water partition coefficient (Wildman–Crippen LogP) is 2.29. The van der Waals surface area contributed by atoms with Gasteiger partial charge >= 0.3 is 0 Å². The van der Waals surface area contributed by atoms with Crippen LogP contribution in [0.4, 0.5) is 0 Å². The molecule has 1 atom stereocenters. The van der Waals surface area contributed by atoms with Crippen LogP contribution in [0.15, 0.2) is 42.9 Å². The van der Waals surface area contributed by atoms with E-state index in [0.717, 1.165) is 5.69 Å². The lowest BCUT2D eigenvalue weighted by Crippen LogP contribution is -2.06. The topological polar surface area (TPSA) is 61.0 Å². The molecule has 2 heterocycles. The van der Waals surface area contributed by atoms with Crippen molar-refractivity contribution in [1.29, 1.82) is 0 Å². The van der Waals surface area contributed by atoms with Crippen LogP contribution in [-0.2, 0) is 0 Å². The smallest absolute Gasteiger partial charge is 0.145 e. The molecule has 0 saturated carbocycles. The fraction of sp³-hybridized carbons (Fsp3) is 0.167. The van der Waals surface area contributed by atoms with Crippen LogP contribution in [0, 0.1) is 0 Å². The molecule has 82 valence electrons. The van der Waals surface area contributed by atoms with E-state index in [9.17, 15) is 0 Å². The van der Waals surface area contributed by atoms with Gasteiger partial charge in [-0.3, -0.25) is 9.97 Å². The third-order valence-corrected chi connectivity index (χ3v) is 2.10. The number of rotatable bonds is 3. The second-order valence-electron chi connectivity index (χ2n) is 3.50. The van der Waals surface area contributed by atoms with Crippen LogP contribution in [0.1, 0.15) is 18.7 Å². The normalized spacial score (nSPS) is 12.1. The summed E-state index contributed by atoms with van der Waals surface area (Å²) in [7, 11) is 0. The van der Waals surface area contributed by atoms with E-state index in [4.69, 9.17) is 10.5 Å². The molecule has 0 bridgehead atoms. The van der Waals surface area contributed by atoms with E-state index in [0.29, 0.717) is 11.5 Å². The summed E-state index contributed by atoms with van der Waals surface area (Å²) in [6, 6.07) is 7.30. The average molecular weight is 215 g/mol. The van der Waals surface area contributed by atoms with Crippen LogP contribution in [0.5, 0.6) is 11.5 Å². The Morgan fingerprint density at radius 3 is 2.56 bits per heavy atom. The first-order valence-electron chi connectivity index (χ1n) is 5.05. The zero-order valence-corrected chi connectivity index (χ0v) is 9.00. The Bertz CT molecular complexity index is 440. The van der Waals surface area contributed by atoms with E-state index in [-0.39, 0.29) is 6.04 Å². The molecule has 0 aliphatic rings. The molecule has 4 heteroatoms. The highest BCUT2D eigenvalue weighted by atomic mass is 16.5. The number of aromatic nitrogens is 2. The van der Waals surface area contributed by atoms with E-state index in [1.807, 2.05) is 31.2 Å². The largest absolute Gasteiger partial charge is 0.454 e. The summed E-state index contributed by atoms with van der Waals surface area (Å²) >= 11 is 0. The Labute approximate surface area is 94.1 Å². The standard InChI is InChI=1S/C12H13N3O/c1-9(13)12-5-4-11(8-15-12)16-10-3-2-6-14-7-10/h2-9H,13H2,1H3. The maximum Gasteiger partial charge on any atom is 0.145 e. The molecule has 0 aliphatic heterocycles. The van der Waals surface area contributed by atoms with Gasteiger partial charge in [-0.05, 0) is 31.2 Å². The highest BCUT2D eigenvalue weighted by molar-refractivity contribution is 5.27. The van der Waals surface area contributed by atoms with Gasteiger partial charge in [-0.15, -0.1) is 0 Å². The van der Waals surface area contributed by atoms with Gasteiger partial charge in [-0.2, -0.15) is 0 Å². The molecule has 16 heavy (non-hydrogen) atoms. The van der Waals surface area contributed by atoms with E-state index >= 15 is 0 Å². The van der Waals surface area contributed by atoms with Crippen molar-refractivity contribution in [3.63, 3.8) is 0 Å². The van der Waals surface area contributed by atoms with Crippen molar-refractivity contribution >= 4 is 0 Å². The maximum absolute atomic E-state index is 5.70. The molecule has 1 unspecified atom stereocenters. The van der Waals surface area contributed by atoms with Crippen molar-refractivity contribution in [2.24, 2.45) is 5.73 Å². The molecule has 0 aliphatic carbocycles. The van der Waals surface area contributed by atoms with Crippen molar-refractivity contribution in [2.45, 2.75) is 13.0 Å². The van der Waals surface area contributed by atoms with Crippen LogP contribution in [-0.4, -0.2) is 9.97 Å². The third-order valence-electron chi connectivity index (χ3n) is 2.10. The summed E-state index contributed by atoms with van der Waals surface area (Å²) in [4.78, 5) is 8.17. The summed E-state index contributed by atoms with van der Waals surface area (Å²) in [5.41, 5.74) is 6.55. The van der Waals surface area contributed by atoms with Gasteiger partial charge in [-0.25, -0.2) is 0 Å². The van der Waals surface area contributed by atoms with Gasteiger partial charge in [0.15, 0.2) is 0 Å². The van der Waals surface area contributed by atoms with Crippen molar-refractivity contribution in [1.82, 2.24) is 9.97 Å². The monoisotopic (exact) mass is 215 g/mol. The fourth-order valence-corrected chi connectivity index (χ4v) is 1.27. The van der Waals surface area contributed by atoms with Gasteiger partial charge in [0.1, 0.15) is 11.5 Å². The molecule has 0 fully saturated rings. The molecule has 0 radical (unpaired) electrons. The SMILES string of the molecule is CC(N)c1ccc(Oc2cccnc2)cn1. The lowest BCUT2D eigenvalue weighted by molar-refractivity contribution is 0.477. The first-order valence-corrected chi connectivity index (χ1v) is 5.05. The molecular weight excluding hydrogens is 202 g/mol. The number of pyridine rings is 2. The van der Waals surface area contributed by atoms with Gasteiger partial charge in [-0.1, -0.05) is 0 Å². The quantitative estimate of drug-likeness (QED) is 0.853. The minimum absolute atomic E-state index is 0.0626. The van der Waals surface area contributed by atoms with Crippen LogP contribution < -0.4 is 10.5 Å². The van der Waals surface area contributed by atoms with E-state index in [1.54, 1.807) is 18.6 Å². The van der Waals surface area contributed by atoms with Gasteiger partial charge < -0.3 is 10.5 Å². The Balaban J connectivity index is 2.11. The fourth-order valence-electron chi connectivity index (χ4n) is 1.27. The summed E-state index contributed by atoms with van der Waals surface area (Å²) in [5, 5.41) is 0. The average Bonchev–Trinajstić information content (AvgIpc) is 2.31. The minimum atomic E-state index is -0.0626. The lowest BCUT2D eigenvalue weighted by atomic mass is 10.2. The van der Waals surface area contributed by atoms with Crippen LogP contribution in [0.2, 0.25) is 0 Å². The maximum atomic E-state index is 5.70. The van der Waals surface area contributed by atoms with Crippen LogP contribution >= 0.6 is 0 Å². The van der Waals surface area contributed by atoms with E-state index < -0.39 is 0 Å². The molecule has 0 aromatic carbocycles. The molecule has 4 nitrogen and oxygen atoms in total. The predicted molar refractivity (Wildman–Crippen MR) is 61.2 cm³/mol. The highest BCUT2D eigenvalue weighted by Crippen LogP contribution is 2.19. The first kappa shape index (κ1) is 10.6. The number of hydrogen-bond acceptors (Lipinski definition) is 4.